The van der Waals surface area contributed by atoms with Gasteiger partial charge in [0.2, 0.25) is 5.91 Å². The second-order valence-electron chi connectivity index (χ2n) is 8.11. The van der Waals surface area contributed by atoms with Crippen LogP contribution in [-0.4, -0.2) is 66.1 Å². The molecule has 0 radical (unpaired) electrons. The number of rotatable bonds is 8. The molecule has 0 aromatic heterocycles. The summed E-state index contributed by atoms with van der Waals surface area (Å²) in [6.07, 6.45) is 4.63. The van der Waals surface area contributed by atoms with Crippen molar-refractivity contribution in [3.05, 3.63) is 52.6 Å². The smallest absolute Gasteiger partial charge is 0.230 e. The topological polar surface area (TPSA) is 58.6 Å². The number of Topliss-reactive ketones (excluding diaryl/α,β-unsaturated/α-hetero) is 1. The molecule has 1 aliphatic heterocycles. The molecule has 0 bridgehead atoms. The minimum absolute atomic E-state index is 0.0333. The van der Waals surface area contributed by atoms with Gasteiger partial charge in [0.25, 0.3) is 0 Å². The van der Waals surface area contributed by atoms with Gasteiger partial charge < -0.3 is 10.1 Å². The number of carbonyl (C=O) groups excluding carboxylic acids is 2. The maximum Gasteiger partial charge on any atom is 0.230 e. The number of morpholine rings is 1. The summed E-state index contributed by atoms with van der Waals surface area (Å²) in [4.78, 5) is 26.3. The van der Waals surface area contributed by atoms with Crippen molar-refractivity contribution in [2.24, 2.45) is 0 Å². The Morgan fingerprint density at radius 1 is 1.29 bits per heavy atom. The van der Waals surface area contributed by atoms with E-state index in [1.807, 2.05) is 25.1 Å². The lowest BCUT2D eigenvalue weighted by Gasteiger charge is -2.35. The van der Waals surface area contributed by atoms with Crippen molar-refractivity contribution < 1.29 is 14.3 Å². The van der Waals surface area contributed by atoms with Gasteiger partial charge in [-0.1, -0.05) is 35.4 Å². The van der Waals surface area contributed by atoms with E-state index in [4.69, 9.17) is 27.9 Å². The third-order valence-electron chi connectivity index (χ3n) is 5.33. The molecule has 1 fully saturated rings. The highest BCUT2D eigenvalue weighted by Crippen LogP contribution is 2.37. The number of halogens is 2. The number of hydrogen-bond donors (Lipinski definition) is 1. The van der Waals surface area contributed by atoms with Crippen molar-refractivity contribution in [1.82, 2.24) is 10.2 Å². The van der Waals surface area contributed by atoms with Crippen molar-refractivity contribution in [3.63, 3.8) is 0 Å². The quantitative estimate of drug-likeness (QED) is 0.341. The van der Waals surface area contributed by atoms with Crippen molar-refractivity contribution in [2.75, 3.05) is 38.5 Å². The van der Waals surface area contributed by atoms with Crippen molar-refractivity contribution >= 4 is 46.7 Å². The van der Waals surface area contributed by atoms with Gasteiger partial charge in [-0.2, -0.15) is 0 Å². The zero-order valence-electron chi connectivity index (χ0n) is 17.8. The molecule has 1 aromatic carbocycles. The van der Waals surface area contributed by atoms with Gasteiger partial charge in [-0.25, -0.2) is 0 Å². The summed E-state index contributed by atoms with van der Waals surface area (Å²) in [5.41, 5.74) is 1.92. The van der Waals surface area contributed by atoms with Crippen LogP contribution in [0.5, 0.6) is 0 Å². The van der Waals surface area contributed by atoms with Gasteiger partial charge in [0.15, 0.2) is 5.78 Å². The summed E-state index contributed by atoms with van der Waals surface area (Å²) in [5.74, 6) is 0.325. The summed E-state index contributed by atoms with van der Waals surface area (Å²) < 4.78 is 5.83. The Kier molecular flexibility index (Phi) is 8.65. The van der Waals surface area contributed by atoms with Crippen molar-refractivity contribution in [3.8, 4) is 0 Å². The van der Waals surface area contributed by atoms with Crippen LogP contribution in [0.15, 0.2) is 51.9 Å². The first kappa shape index (κ1) is 24.3. The van der Waals surface area contributed by atoms with E-state index in [1.54, 1.807) is 12.1 Å². The van der Waals surface area contributed by atoms with Crippen LogP contribution in [-0.2, 0) is 9.53 Å². The van der Waals surface area contributed by atoms with Crippen LogP contribution in [0, 0.1) is 0 Å². The predicted octanol–water partition coefficient (Wildman–Crippen LogP) is 4.25. The number of thioether (sulfide) groups is 1. The average Bonchev–Trinajstić information content (AvgIpc) is 2.74. The molecule has 1 aromatic rings. The first-order valence-electron chi connectivity index (χ1n) is 10.3. The largest absolute Gasteiger partial charge is 0.374 e. The molecular formula is C23H28Cl2N2O3S. The maximum absolute atomic E-state index is 12.2. The summed E-state index contributed by atoms with van der Waals surface area (Å²) in [6, 6.07) is 7.30. The Hall–Kier alpha value is -1.31. The molecule has 8 heteroatoms. The number of allylic oxidation sites excluding steroid dienone is 3. The lowest BCUT2D eigenvalue weighted by Crippen LogP contribution is -2.48. The summed E-state index contributed by atoms with van der Waals surface area (Å²) >= 11 is 14.1. The molecule has 2 unspecified atom stereocenters. The van der Waals surface area contributed by atoms with E-state index in [0.717, 1.165) is 31.0 Å². The van der Waals surface area contributed by atoms with E-state index >= 15 is 0 Å². The van der Waals surface area contributed by atoms with E-state index in [-0.39, 0.29) is 17.8 Å². The highest BCUT2D eigenvalue weighted by molar-refractivity contribution is 8.00. The first-order chi connectivity index (χ1) is 14.7. The van der Waals surface area contributed by atoms with E-state index < -0.39 is 4.87 Å². The highest BCUT2D eigenvalue weighted by Gasteiger charge is 2.30. The average molecular weight is 483 g/mol. The Labute approximate surface area is 198 Å². The van der Waals surface area contributed by atoms with E-state index in [9.17, 15) is 9.59 Å². The second kappa shape index (κ2) is 11.0. The van der Waals surface area contributed by atoms with Crippen molar-refractivity contribution in [1.29, 1.82) is 0 Å². The molecule has 31 heavy (non-hydrogen) atoms. The number of ketones is 1. The highest BCUT2D eigenvalue weighted by atomic mass is 35.5. The van der Waals surface area contributed by atoms with E-state index in [2.05, 4.69) is 16.3 Å². The van der Waals surface area contributed by atoms with Crippen LogP contribution < -0.4 is 5.32 Å². The predicted molar refractivity (Wildman–Crippen MR) is 127 cm³/mol. The number of nitrogens with one attached hydrogen (secondary N) is 1. The second-order valence-corrected chi connectivity index (χ2v) is 10.4. The van der Waals surface area contributed by atoms with Crippen LogP contribution in [0.4, 0.5) is 0 Å². The van der Waals surface area contributed by atoms with Crippen LogP contribution in [0.1, 0.15) is 30.6 Å². The Morgan fingerprint density at radius 2 is 2.03 bits per heavy atom. The fourth-order valence-corrected chi connectivity index (χ4v) is 4.68. The summed E-state index contributed by atoms with van der Waals surface area (Å²) in [7, 11) is 0. The zero-order valence-corrected chi connectivity index (χ0v) is 20.2. The molecule has 2 aliphatic rings. The molecule has 0 spiro atoms. The monoisotopic (exact) mass is 482 g/mol. The van der Waals surface area contributed by atoms with Gasteiger partial charge >= 0.3 is 0 Å². The van der Waals surface area contributed by atoms with Gasteiger partial charge in [-0.3, -0.25) is 14.5 Å². The van der Waals surface area contributed by atoms with Gasteiger partial charge in [-0.05, 0) is 38.5 Å². The molecule has 3 rings (SSSR count). The fraction of sp³-hybridized carbons (Fsp3) is 0.478. The molecule has 2 atom stereocenters. The molecule has 5 nitrogen and oxygen atoms in total. The number of ether oxygens (including phenoxy) is 1. The van der Waals surface area contributed by atoms with Gasteiger partial charge in [0.1, 0.15) is 0 Å². The van der Waals surface area contributed by atoms with Gasteiger partial charge in [0, 0.05) is 41.7 Å². The number of nitrogens with zero attached hydrogens (tertiary/aromatic N) is 1. The number of alkyl halides is 1. The summed E-state index contributed by atoms with van der Waals surface area (Å²) in [6.45, 7) is 7.03. The SMILES string of the molecule is CC(=O)c1ccc(SCC(=O)NCC2CN(CC3=CC=C(Cl)C(C)(Cl)C3)CCO2)cc1. The minimum atomic E-state index is -0.532. The first-order valence-corrected chi connectivity index (χ1v) is 12.1. The number of amides is 1. The zero-order chi connectivity index (χ0) is 22.4. The lowest BCUT2D eigenvalue weighted by molar-refractivity contribution is -0.119. The Bertz CT molecular complexity index is 868. The number of benzene rings is 1. The molecular weight excluding hydrogens is 455 g/mol. The third kappa shape index (κ3) is 7.36. The van der Waals surface area contributed by atoms with Crippen LogP contribution >= 0.6 is 35.0 Å². The molecule has 0 saturated carbocycles. The minimum Gasteiger partial charge on any atom is -0.374 e. The Morgan fingerprint density at radius 3 is 2.71 bits per heavy atom. The molecule has 168 valence electrons. The van der Waals surface area contributed by atoms with Crippen LogP contribution in [0.2, 0.25) is 0 Å². The molecule has 1 aliphatic carbocycles. The van der Waals surface area contributed by atoms with Crippen LogP contribution in [0.3, 0.4) is 0 Å². The van der Waals surface area contributed by atoms with E-state index in [0.29, 0.717) is 29.5 Å². The Balaban J connectivity index is 1.40. The molecule has 1 N–H and O–H groups in total. The summed E-state index contributed by atoms with van der Waals surface area (Å²) in [5, 5.41) is 3.64. The standard InChI is InChI=1S/C23H28Cl2N2O3S/c1-16(28)18-4-6-20(7-5-18)31-15-22(29)26-12-19-14-27(9-10-30-19)13-17-3-8-21(24)23(2,25)11-17/h3-8,19H,9-15H2,1-2H3,(H,26,29). The molecule has 1 saturated heterocycles. The fourth-order valence-electron chi connectivity index (χ4n) is 3.59. The van der Waals surface area contributed by atoms with Gasteiger partial charge in [0.05, 0.1) is 23.3 Å². The van der Waals surface area contributed by atoms with Crippen LogP contribution in [0.25, 0.3) is 0 Å². The third-order valence-corrected chi connectivity index (χ3v) is 7.32. The van der Waals surface area contributed by atoms with Crippen molar-refractivity contribution in [2.45, 2.75) is 36.1 Å². The number of hydrogen-bond acceptors (Lipinski definition) is 5. The van der Waals surface area contributed by atoms with Gasteiger partial charge in [-0.15, -0.1) is 23.4 Å². The molecule has 1 amide bonds. The normalized spacial score (nSPS) is 24.3. The maximum atomic E-state index is 12.2. The van der Waals surface area contributed by atoms with E-state index in [1.165, 1.54) is 24.3 Å². The number of carbonyl (C=O) groups is 2. The lowest BCUT2D eigenvalue weighted by atomic mass is 9.94. The molecule has 1 heterocycles.